The second kappa shape index (κ2) is 5.25. The Morgan fingerprint density at radius 2 is 2.17 bits per heavy atom. The Kier molecular flexibility index (Phi) is 3.70. The molecule has 1 aromatic heterocycles. The van der Waals surface area contributed by atoms with Crippen LogP contribution >= 0.6 is 0 Å². The number of aromatic nitrogens is 1. The maximum Gasteiger partial charge on any atom is 0.336 e. The molecular formula is C15H19NO2. The van der Waals surface area contributed by atoms with E-state index in [1.807, 2.05) is 24.4 Å². The first kappa shape index (κ1) is 12.7. The molecule has 18 heavy (non-hydrogen) atoms. The first-order chi connectivity index (χ1) is 8.63. The lowest BCUT2D eigenvalue weighted by Gasteiger charge is -2.12. The summed E-state index contributed by atoms with van der Waals surface area (Å²) in [6, 6.07) is 7.36. The van der Waals surface area contributed by atoms with Crippen LogP contribution < -0.4 is 0 Å². The highest BCUT2D eigenvalue weighted by molar-refractivity contribution is 6.02. The summed E-state index contributed by atoms with van der Waals surface area (Å²) in [5, 5.41) is 9.98. The Hall–Kier alpha value is -1.77. The minimum absolute atomic E-state index is 0.384. The van der Waals surface area contributed by atoms with Gasteiger partial charge in [0.25, 0.3) is 0 Å². The third-order valence-corrected chi connectivity index (χ3v) is 3.33. The van der Waals surface area contributed by atoms with Crippen LogP contribution in [-0.4, -0.2) is 15.6 Å². The maximum atomic E-state index is 11.1. The fourth-order valence-electron chi connectivity index (χ4n) is 2.49. The highest BCUT2D eigenvalue weighted by Gasteiger charge is 2.11. The molecule has 1 aromatic carbocycles. The lowest BCUT2D eigenvalue weighted by atomic mass is 10.1. The smallest absolute Gasteiger partial charge is 0.336 e. The quantitative estimate of drug-likeness (QED) is 0.871. The zero-order valence-electron chi connectivity index (χ0n) is 10.9. The van der Waals surface area contributed by atoms with E-state index in [9.17, 15) is 4.79 Å². The molecular weight excluding hydrogens is 226 g/mol. The third kappa shape index (κ3) is 2.40. The summed E-state index contributed by atoms with van der Waals surface area (Å²) in [7, 11) is 0. The number of aromatic carboxylic acids is 1. The van der Waals surface area contributed by atoms with E-state index in [0.717, 1.165) is 17.4 Å². The molecule has 2 aromatic rings. The van der Waals surface area contributed by atoms with Crippen LogP contribution in [0.5, 0.6) is 0 Å². The summed E-state index contributed by atoms with van der Waals surface area (Å²) >= 11 is 0. The number of nitrogens with zero attached hydrogens (tertiary/aromatic N) is 1. The van der Waals surface area contributed by atoms with Crippen LogP contribution in [0.2, 0.25) is 0 Å². The van der Waals surface area contributed by atoms with E-state index in [4.69, 9.17) is 5.11 Å². The highest BCUT2D eigenvalue weighted by atomic mass is 16.4. The Bertz CT molecular complexity index is 557. The Labute approximate surface area is 107 Å². The van der Waals surface area contributed by atoms with Gasteiger partial charge in [-0.25, -0.2) is 4.79 Å². The number of carboxylic acid groups (broad SMARTS) is 1. The molecule has 1 unspecified atom stereocenters. The molecule has 0 spiro atoms. The average molecular weight is 245 g/mol. The average Bonchev–Trinajstić information content (AvgIpc) is 2.72. The van der Waals surface area contributed by atoms with Gasteiger partial charge in [-0.3, -0.25) is 0 Å². The van der Waals surface area contributed by atoms with Crippen LogP contribution in [0.15, 0.2) is 30.5 Å². The van der Waals surface area contributed by atoms with Gasteiger partial charge in [0.1, 0.15) is 0 Å². The molecule has 0 aliphatic carbocycles. The van der Waals surface area contributed by atoms with E-state index in [1.165, 1.54) is 12.8 Å². The van der Waals surface area contributed by atoms with E-state index >= 15 is 0 Å². The molecule has 96 valence electrons. The van der Waals surface area contributed by atoms with E-state index < -0.39 is 5.97 Å². The van der Waals surface area contributed by atoms with Gasteiger partial charge in [-0.1, -0.05) is 26.3 Å². The van der Waals surface area contributed by atoms with Crippen LogP contribution in [-0.2, 0) is 6.54 Å². The number of benzene rings is 1. The van der Waals surface area contributed by atoms with E-state index in [0.29, 0.717) is 11.5 Å². The van der Waals surface area contributed by atoms with Crippen LogP contribution in [0.4, 0.5) is 0 Å². The van der Waals surface area contributed by atoms with Crippen molar-refractivity contribution in [2.75, 3.05) is 0 Å². The Morgan fingerprint density at radius 1 is 1.39 bits per heavy atom. The zero-order chi connectivity index (χ0) is 13.1. The molecule has 1 N–H and O–H groups in total. The summed E-state index contributed by atoms with van der Waals surface area (Å²) in [4.78, 5) is 11.1. The fraction of sp³-hybridized carbons (Fsp3) is 0.400. The first-order valence-corrected chi connectivity index (χ1v) is 6.44. The van der Waals surface area contributed by atoms with Crippen molar-refractivity contribution in [1.29, 1.82) is 0 Å². The predicted molar refractivity (Wildman–Crippen MR) is 73.0 cm³/mol. The fourth-order valence-corrected chi connectivity index (χ4v) is 2.49. The van der Waals surface area contributed by atoms with Gasteiger partial charge < -0.3 is 9.67 Å². The van der Waals surface area contributed by atoms with Gasteiger partial charge in [-0.05, 0) is 30.5 Å². The van der Waals surface area contributed by atoms with Crippen molar-refractivity contribution >= 4 is 16.9 Å². The summed E-state index contributed by atoms with van der Waals surface area (Å²) < 4.78 is 2.15. The summed E-state index contributed by atoms with van der Waals surface area (Å²) in [5.41, 5.74) is 1.40. The molecule has 0 saturated heterocycles. The van der Waals surface area contributed by atoms with Crippen molar-refractivity contribution in [3.63, 3.8) is 0 Å². The number of fused-ring (bicyclic) bond motifs is 1. The second-order valence-corrected chi connectivity index (χ2v) is 4.91. The van der Waals surface area contributed by atoms with Gasteiger partial charge >= 0.3 is 5.97 Å². The lowest BCUT2D eigenvalue weighted by molar-refractivity contribution is 0.0699. The molecule has 1 atom stereocenters. The number of hydrogen-bond acceptors (Lipinski definition) is 1. The molecule has 0 radical (unpaired) electrons. The molecule has 0 bridgehead atoms. The van der Waals surface area contributed by atoms with Crippen molar-refractivity contribution in [3.8, 4) is 0 Å². The monoisotopic (exact) mass is 245 g/mol. The van der Waals surface area contributed by atoms with Crippen molar-refractivity contribution < 1.29 is 9.90 Å². The van der Waals surface area contributed by atoms with Crippen molar-refractivity contribution in [1.82, 2.24) is 4.57 Å². The van der Waals surface area contributed by atoms with E-state index in [2.05, 4.69) is 18.4 Å². The summed E-state index contributed by atoms with van der Waals surface area (Å²) in [6.07, 6.45) is 4.36. The predicted octanol–water partition coefficient (Wildman–Crippen LogP) is 3.78. The molecule has 3 nitrogen and oxygen atoms in total. The van der Waals surface area contributed by atoms with Gasteiger partial charge in [0.15, 0.2) is 0 Å². The molecule has 0 amide bonds. The Balaban J connectivity index is 2.37. The third-order valence-electron chi connectivity index (χ3n) is 3.33. The minimum atomic E-state index is -0.861. The SMILES string of the molecule is CCCC(C)Cn1ccc2c(C(=O)O)cccc21. The van der Waals surface area contributed by atoms with Gasteiger partial charge in [0, 0.05) is 23.6 Å². The molecule has 1 heterocycles. The molecule has 0 fully saturated rings. The van der Waals surface area contributed by atoms with Crippen LogP contribution in [0, 0.1) is 5.92 Å². The highest BCUT2D eigenvalue weighted by Crippen LogP contribution is 2.22. The number of carboxylic acids is 1. The van der Waals surface area contributed by atoms with Gasteiger partial charge in [0.05, 0.1) is 5.56 Å². The number of carbonyl (C=O) groups is 1. The van der Waals surface area contributed by atoms with Crippen LogP contribution in [0.3, 0.4) is 0 Å². The van der Waals surface area contributed by atoms with Crippen molar-refractivity contribution in [3.05, 3.63) is 36.0 Å². The van der Waals surface area contributed by atoms with Crippen LogP contribution in [0.25, 0.3) is 10.9 Å². The summed E-state index contributed by atoms with van der Waals surface area (Å²) in [5.74, 6) is -0.251. The first-order valence-electron chi connectivity index (χ1n) is 6.44. The van der Waals surface area contributed by atoms with Gasteiger partial charge in [0.2, 0.25) is 0 Å². The molecule has 0 aliphatic heterocycles. The zero-order valence-corrected chi connectivity index (χ0v) is 10.9. The minimum Gasteiger partial charge on any atom is -0.478 e. The number of hydrogen-bond donors (Lipinski definition) is 1. The van der Waals surface area contributed by atoms with Gasteiger partial charge in [-0.2, -0.15) is 0 Å². The molecule has 0 saturated carbocycles. The largest absolute Gasteiger partial charge is 0.478 e. The Morgan fingerprint density at radius 3 is 2.83 bits per heavy atom. The topological polar surface area (TPSA) is 42.2 Å². The molecule has 3 heteroatoms. The maximum absolute atomic E-state index is 11.1. The molecule has 2 rings (SSSR count). The van der Waals surface area contributed by atoms with Crippen molar-refractivity contribution in [2.45, 2.75) is 33.2 Å². The van der Waals surface area contributed by atoms with E-state index in [-0.39, 0.29) is 0 Å². The van der Waals surface area contributed by atoms with Gasteiger partial charge in [-0.15, -0.1) is 0 Å². The summed E-state index contributed by atoms with van der Waals surface area (Å²) in [6.45, 7) is 5.36. The number of rotatable bonds is 5. The molecule has 0 aliphatic rings. The van der Waals surface area contributed by atoms with Crippen LogP contribution in [0.1, 0.15) is 37.0 Å². The second-order valence-electron chi connectivity index (χ2n) is 4.91. The lowest BCUT2D eigenvalue weighted by Crippen LogP contribution is -2.06. The van der Waals surface area contributed by atoms with E-state index in [1.54, 1.807) is 6.07 Å². The normalized spacial score (nSPS) is 12.8. The standard InChI is InChI=1S/C15H19NO2/c1-3-5-11(2)10-16-9-8-12-13(15(17)18)6-4-7-14(12)16/h4,6-9,11H,3,5,10H2,1-2H3,(H,17,18). The van der Waals surface area contributed by atoms with Crippen molar-refractivity contribution in [2.24, 2.45) is 5.92 Å².